The third-order valence-corrected chi connectivity index (χ3v) is 9.57. The van der Waals surface area contributed by atoms with Crippen LogP contribution in [0.2, 0.25) is 0 Å². The van der Waals surface area contributed by atoms with Crippen LogP contribution in [0.3, 0.4) is 0 Å². The molecule has 8 nitrogen and oxygen atoms in total. The SMILES string of the molecule is CC(O)COC(=O)c1c2ccccc2cc2ccccc12.CC(O)COC(=O)c1ccccc1.COC1CCCCC1C.COC1CCCCC1C. The highest BCUT2D eigenvalue weighted by atomic mass is 16.5. The van der Waals surface area contributed by atoms with Gasteiger partial charge < -0.3 is 29.2 Å². The molecule has 52 heavy (non-hydrogen) atoms. The zero-order valence-corrected chi connectivity index (χ0v) is 32.0. The molecule has 0 radical (unpaired) electrons. The van der Waals surface area contributed by atoms with Crippen LogP contribution in [-0.2, 0) is 18.9 Å². The zero-order valence-electron chi connectivity index (χ0n) is 32.0. The monoisotopic (exact) mass is 716 g/mol. The smallest absolute Gasteiger partial charge is 0.339 e. The summed E-state index contributed by atoms with van der Waals surface area (Å²) in [6.45, 7) is 7.76. The number of hydrogen-bond acceptors (Lipinski definition) is 8. The van der Waals surface area contributed by atoms with E-state index in [1.165, 1.54) is 51.4 Å². The van der Waals surface area contributed by atoms with E-state index in [1.54, 1.807) is 38.1 Å². The number of aliphatic hydroxyl groups is 2. The molecule has 0 heterocycles. The van der Waals surface area contributed by atoms with E-state index in [0.717, 1.165) is 33.4 Å². The molecular formula is C44H60O8. The van der Waals surface area contributed by atoms with Crippen molar-refractivity contribution in [3.05, 3.63) is 96.1 Å². The molecule has 2 fully saturated rings. The van der Waals surface area contributed by atoms with Crippen LogP contribution in [0.1, 0.15) is 99.8 Å². The molecule has 4 aromatic carbocycles. The molecule has 2 aliphatic carbocycles. The Labute approximate surface area is 310 Å². The summed E-state index contributed by atoms with van der Waals surface area (Å²) in [5.41, 5.74) is 1.06. The summed E-state index contributed by atoms with van der Waals surface area (Å²) in [6.07, 6.45) is 10.6. The quantitative estimate of drug-likeness (QED) is 0.137. The van der Waals surface area contributed by atoms with E-state index < -0.39 is 24.1 Å². The lowest BCUT2D eigenvalue weighted by atomic mass is 9.88. The number of aliphatic hydroxyl groups excluding tert-OH is 2. The molecular weight excluding hydrogens is 656 g/mol. The van der Waals surface area contributed by atoms with Crippen LogP contribution in [0.5, 0.6) is 0 Å². The summed E-state index contributed by atoms with van der Waals surface area (Å²) >= 11 is 0. The number of carbonyl (C=O) groups is 2. The van der Waals surface area contributed by atoms with E-state index in [1.807, 2.05) is 68.8 Å². The van der Waals surface area contributed by atoms with E-state index in [2.05, 4.69) is 19.9 Å². The Morgan fingerprint density at radius 2 is 1.02 bits per heavy atom. The van der Waals surface area contributed by atoms with Crippen molar-refractivity contribution < 1.29 is 38.7 Å². The Morgan fingerprint density at radius 3 is 1.42 bits per heavy atom. The molecule has 0 aliphatic heterocycles. The van der Waals surface area contributed by atoms with Crippen molar-refractivity contribution in [3.63, 3.8) is 0 Å². The Kier molecular flexibility index (Phi) is 18.8. The van der Waals surface area contributed by atoms with Crippen LogP contribution < -0.4 is 0 Å². The van der Waals surface area contributed by atoms with Gasteiger partial charge in [0.1, 0.15) is 13.2 Å². The van der Waals surface area contributed by atoms with Gasteiger partial charge >= 0.3 is 11.9 Å². The number of esters is 2. The summed E-state index contributed by atoms with van der Waals surface area (Å²) in [5.74, 6) is 0.790. The summed E-state index contributed by atoms with van der Waals surface area (Å²) in [7, 11) is 3.65. The maximum absolute atomic E-state index is 12.4. The summed E-state index contributed by atoms with van der Waals surface area (Å²) in [5, 5.41) is 21.9. The molecule has 6 unspecified atom stereocenters. The lowest BCUT2D eigenvalue weighted by molar-refractivity contribution is 0.0294. The first kappa shape index (κ1) is 42.6. The molecule has 0 bridgehead atoms. The number of carbonyl (C=O) groups excluding carboxylic acids is 2. The van der Waals surface area contributed by atoms with Crippen molar-refractivity contribution in [2.24, 2.45) is 11.8 Å². The van der Waals surface area contributed by atoms with E-state index in [9.17, 15) is 14.7 Å². The van der Waals surface area contributed by atoms with Gasteiger partial charge in [-0.15, -0.1) is 0 Å². The normalized spacial score (nSPS) is 20.8. The predicted octanol–water partition coefficient (Wildman–Crippen LogP) is 9.18. The third kappa shape index (κ3) is 14.0. The molecule has 284 valence electrons. The van der Waals surface area contributed by atoms with Gasteiger partial charge in [0.2, 0.25) is 0 Å². The molecule has 4 aromatic rings. The Bertz CT molecular complexity index is 1540. The molecule has 0 aromatic heterocycles. The highest BCUT2D eigenvalue weighted by Gasteiger charge is 2.21. The topological polar surface area (TPSA) is 112 Å². The first-order valence-corrected chi connectivity index (χ1v) is 18.8. The van der Waals surface area contributed by atoms with Crippen molar-refractivity contribution in [2.45, 2.75) is 103 Å². The van der Waals surface area contributed by atoms with Gasteiger partial charge in [-0.05, 0) is 91.1 Å². The fourth-order valence-corrected chi connectivity index (χ4v) is 6.62. The predicted molar refractivity (Wildman–Crippen MR) is 209 cm³/mol. The summed E-state index contributed by atoms with van der Waals surface area (Å²) < 4.78 is 20.6. The highest BCUT2D eigenvalue weighted by Crippen LogP contribution is 2.29. The number of rotatable bonds is 8. The number of methoxy groups -OCH3 is 2. The van der Waals surface area contributed by atoms with Gasteiger partial charge in [-0.3, -0.25) is 0 Å². The Balaban J connectivity index is 0.000000202. The second-order valence-corrected chi connectivity index (χ2v) is 14.0. The Hall–Kier alpha value is -3.82. The first-order chi connectivity index (χ1) is 25.0. The van der Waals surface area contributed by atoms with E-state index in [-0.39, 0.29) is 13.2 Å². The third-order valence-electron chi connectivity index (χ3n) is 9.57. The van der Waals surface area contributed by atoms with Gasteiger partial charge in [-0.2, -0.15) is 0 Å². The number of fused-ring (bicyclic) bond motifs is 2. The fraction of sp³-hybridized carbons (Fsp3) is 0.500. The molecule has 2 aliphatic rings. The van der Waals surface area contributed by atoms with Gasteiger partial charge in [0.25, 0.3) is 0 Å². The van der Waals surface area contributed by atoms with Gasteiger partial charge in [0.05, 0.1) is 35.5 Å². The van der Waals surface area contributed by atoms with Crippen molar-refractivity contribution in [1.82, 2.24) is 0 Å². The van der Waals surface area contributed by atoms with Crippen molar-refractivity contribution in [1.29, 1.82) is 0 Å². The molecule has 0 saturated heterocycles. The molecule has 0 amide bonds. The van der Waals surface area contributed by atoms with Crippen molar-refractivity contribution in [2.75, 3.05) is 27.4 Å². The van der Waals surface area contributed by atoms with Crippen LogP contribution in [0.25, 0.3) is 21.5 Å². The van der Waals surface area contributed by atoms with E-state index >= 15 is 0 Å². The van der Waals surface area contributed by atoms with Gasteiger partial charge in [0.15, 0.2) is 0 Å². The van der Waals surface area contributed by atoms with Crippen molar-refractivity contribution in [3.8, 4) is 0 Å². The molecule has 6 rings (SSSR count). The second kappa shape index (κ2) is 23.0. The molecule has 2 saturated carbocycles. The lowest BCUT2D eigenvalue weighted by Crippen LogP contribution is -2.23. The van der Waals surface area contributed by atoms with Gasteiger partial charge in [-0.1, -0.05) is 106 Å². The van der Waals surface area contributed by atoms with Crippen LogP contribution in [-0.4, -0.2) is 74.0 Å². The number of hydrogen-bond donors (Lipinski definition) is 2. The maximum Gasteiger partial charge on any atom is 0.339 e. The average molecular weight is 717 g/mol. The molecule has 2 N–H and O–H groups in total. The fourth-order valence-electron chi connectivity index (χ4n) is 6.62. The lowest BCUT2D eigenvalue weighted by Gasteiger charge is -2.26. The average Bonchev–Trinajstić information content (AvgIpc) is 3.16. The minimum atomic E-state index is -0.671. The van der Waals surface area contributed by atoms with Crippen LogP contribution in [0, 0.1) is 11.8 Å². The van der Waals surface area contributed by atoms with Gasteiger partial charge in [0, 0.05) is 14.2 Å². The minimum absolute atomic E-state index is 0.00359. The van der Waals surface area contributed by atoms with Crippen molar-refractivity contribution >= 4 is 33.5 Å². The van der Waals surface area contributed by atoms with Crippen LogP contribution in [0.15, 0.2) is 84.9 Å². The zero-order chi connectivity index (χ0) is 37.9. The van der Waals surface area contributed by atoms with Gasteiger partial charge in [-0.25, -0.2) is 9.59 Å². The van der Waals surface area contributed by atoms with E-state index in [4.69, 9.17) is 24.1 Å². The Morgan fingerprint density at radius 1 is 0.615 bits per heavy atom. The standard InChI is InChI=1S/C18H16O3.C10H12O3.2C8H16O/c1-12(19)11-21-18(20)17-15-8-4-2-6-13(15)10-14-7-3-5-9-16(14)17;1-8(11)7-13-10(12)9-5-3-2-4-6-9;2*1-7-5-3-4-6-8(7)9-2/h2-10,12,19H,11H2,1H3;2-6,8,11H,7H2,1H3;2*7-8H,3-6H2,1-2H3. The highest BCUT2D eigenvalue weighted by molar-refractivity contribution is 6.16. The van der Waals surface area contributed by atoms with E-state index in [0.29, 0.717) is 23.3 Å². The number of ether oxygens (including phenoxy) is 4. The summed E-state index contributed by atoms with van der Waals surface area (Å²) in [4.78, 5) is 23.7. The molecule has 8 heteroatoms. The first-order valence-electron chi connectivity index (χ1n) is 18.8. The minimum Gasteiger partial charge on any atom is -0.459 e. The molecule has 0 spiro atoms. The number of benzene rings is 4. The maximum atomic E-state index is 12.4. The summed E-state index contributed by atoms with van der Waals surface area (Å²) in [6, 6.07) is 26.3. The van der Waals surface area contributed by atoms with Crippen LogP contribution >= 0.6 is 0 Å². The largest absolute Gasteiger partial charge is 0.459 e. The second-order valence-electron chi connectivity index (χ2n) is 14.0. The molecule has 6 atom stereocenters. The van der Waals surface area contributed by atoms with Crippen LogP contribution in [0.4, 0.5) is 0 Å².